The van der Waals surface area contributed by atoms with E-state index in [4.69, 9.17) is 0 Å². The Labute approximate surface area is 111 Å². The third kappa shape index (κ3) is 2.60. The third-order valence-corrected chi connectivity index (χ3v) is 3.46. The lowest BCUT2D eigenvalue weighted by molar-refractivity contribution is 0.337. The zero-order valence-electron chi connectivity index (χ0n) is 11.3. The van der Waals surface area contributed by atoms with E-state index in [-0.39, 0.29) is 0 Å². The summed E-state index contributed by atoms with van der Waals surface area (Å²) in [5.41, 5.74) is 0.748. The van der Waals surface area contributed by atoms with Gasteiger partial charge in [-0.2, -0.15) is 15.1 Å². The van der Waals surface area contributed by atoms with Crippen LogP contribution in [0.3, 0.4) is 0 Å². The molecule has 7 heteroatoms. The smallest absolute Gasteiger partial charge is 0.226 e. The summed E-state index contributed by atoms with van der Waals surface area (Å²) in [5.74, 6) is 1.42. The molecule has 0 unspecified atom stereocenters. The highest BCUT2D eigenvalue weighted by molar-refractivity contribution is 5.86. The van der Waals surface area contributed by atoms with Crippen molar-refractivity contribution >= 4 is 22.8 Å². The summed E-state index contributed by atoms with van der Waals surface area (Å²) >= 11 is 0. The second-order valence-electron chi connectivity index (χ2n) is 4.92. The fourth-order valence-corrected chi connectivity index (χ4v) is 2.13. The first-order valence-electron chi connectivity index (χ1n) is 6.61. The second-order valence-corrected chi connectivity index (χ2v) is 4.92. The average Bonchev–Trinajstić information content (AvgIpc) is 3.16. The molecule has 1 saturated carbocycles. The quantitative estimate of drug-likeness (QED) is 0.717. The number of anilines is 2. The summed E-state index contributed by atoms with van der Waals surface area (Å²) in [6.07, 6.45) is 4.42. The van der Waals surface area contributed by atoms with E-state index in [2.05, 4.69) is 42.7 Å². The summed E-state index contributed by atoms with van der Waals surface area (Å²) in [7, 11) is 3.98. The van der Waals surface area contributed by atoms with E-state index in [9.17, 15) is 0 Å². The first-order chi connectivity index (χ1) is 9.28. The van der Waals surface area contributed by atoms with Gasteiger partial charge in [-0.15, -0.1) is 0 Å². The topological polar surface area (TPSA) is 81.8 Å². The van der Waals surface area contributed by atoms with E-state index in [0.29, 0.717) is 5.95 Å². The fourth-order valence-electron chi connectivity index (χ4n) is 2.13. The van der Waals surface area contributed by atoms with Crippen LogP contribution < -0.4 is 10.6 Å². The molecule has 0 radical (unpaired) electrons. The number of H-pyrrole nitrogens is 1. The normalized spacial score (nSPS) is 15.1. The average molecular weight is 261 g/mol. The second kappa shape index (κ2) is 5.00. The van der Waals surface area contributed by atoms with Crippen molar-refractivity contribution in [2.45, 2.75) is 18.9 Å². The summed E-state index contributed by atoms with van der Waals surface area (Å²) in [4.78, 5) is 11.1. The fraction of sp³-hybridized carbons (Fsp3) is 0.583. The van der Waals surface area contributed by atoms with Crippen molar-refractivity contribution in [1.82, 2.24) is 25.1 Å². The van der Waals surface area contributed by atoms with Crippen LogP contribution in [0, 0.1) is 0 Å². The van der Waals surface area contributed by atoms with Gasteiger partial charge in [-0.1, -0.05) is 0 Å². The number of nitrogens with one attached hydrogen (secondary N) is 3. The first kappa shape index (κ1) is 12.2. The zero-order valence-corrected chi connectivity index (χ0v) is 11.3. The summed E-state index contributed by atoms with van der Waals surface area (Å²) in [6, 6.07) is 0.786. The van der Waals surface area contributed by atoms with Crippen LogP contribution in [0.15, 0.2) is 6.20 Å². The molecule has 0 saturated heterocycles. The molecule has 19 heavy (non-hydrogen) atoms. The van der Waals surface area contributed by atoms with Crippen molar-refractivity contribution in [1.29, 1.82) is 0 Å². The Bertz CT molecular complexity index is 560. The van der Waals surface area contributed by atoms with E-state index >= 15 is 0 Å². The number of rotatable bonds is 6. The summed E-state index contributed by atoms with van der Waals surface area (Å²) in [6.45, 7) is 1.89. The van der Waals surface area contributed by atoms with Crippen LogP contribution in [-0.4, -0.2) is 58.3 Å². The van der Waals surface area contributed by atoms with Gasteiger partial charge in [0.2, 0.25) is 5.95 Å². The lowest BCUT2D eigenvalue weighted by atomic mass is 10.4. The number of aromatic nitrogens is 4. The number of fused-ring (bicyclic) bond motifs is 1. The van der Waals surface area contributed by atoms with E-state index < -0.39 is 0 Å². The van der Waals surface area contributed by atoms with Crippen LogP contribution in [0.1, 0.15) is 12.8 Å². The molecule has 0 aliphatic heterocycles. The molecule has 0 bridgehead atoms. The van der Waals surface area contributed by atoms with Crippen LogP contribution in [0.5, 0.6) is 0 Å². The van der Waals surface area contributed by atoms with Gasteiger partial charge >= 0.3 is 0 Å². The maximum atomic E-state index is 4.44. The molecule has 0 amide bonds. The number of hydrogen-bond acceptors (Lipinski definition) is 6. The maximum Gasteiger partial charge on any atom is 0.226 e. The Morgan fingerprint density at radius 2 is 2.26 bits per heavy atom. The van der Waals surface area contributed by atoms with Gasteiger partial charge in [0.15, 0.2) is 5.65 Å². The van der Waals surface area contributed by atoms with Crippen LogP contribution in [0.25, 0.3) is 11.0 Å². The molecule has 3 rings (SSSR count). The van der Waals surface area contributed by atoms with Crippen molar-refractivity contribution in [2.75, 3.05) is 37.8 Å². The minimum Gasteiger partial charge on any atom is -0.368 e. The molecule has 0 atom stereocenters. The molecule has 1 aliphatic rings. The lowest BCUT2D eigenvalue weighted by Gasteiger charge is -2.16. The van der Waals surface area contributed by atoms with Crippen LogP contribution in [0.2, 0.25) is 0 Å². The van der Waals surface area contributed by atoms with Crippen molar-refractivity contribution in [2.24, 2.45) is 0 Å². The Balaban J connectivity index is 1.70. The van der Waals surface area contributed by atoms with E-state index in [1.807, 2.05) is 7.05 Å². The highest BCUT2D eigenvalue weighted by Crippen LogP contribution is 2.25. The van der Waals surface area contributed by atoms with Gasteiger partial charge in [-0.3, -0.25) is 5.10 Å². The molecule has 7 nitrogen and oxygen atoms in total. The van der Waals surface area contributed by atoms with Gasteiger partial charge in [0.25, 0.3) is 0 Å². The predicted molar refractivity (Wildman–Crippen MR) is 75.4 cm³/mol. The summed E-state index contributed by atoms with van der Waals surface area (Å²) in [5, 5.41) is 14.1. The monoisotopic (exact) mass is 261 g/mol. The molecule has 3 N–H and O–H groups in total. The Hall–Kier alpha value is -1.89. The van der Waals surface area contributed by atoms with Gasteiger partial charge in [0.1, 0.15) is 5.82 Å². The van der Waals surface area contributed by atoms with Crippen molar-refractivity contribution < 1.29 is 0 Å². The van der Waals surface area contributed by atoms with Gasteiger partial charge < -0.3 is 15.5 Å². The molecular formula is C12H19N7. The Kier molecular flexibility index (Phi) is 3.20. The largest absolute Gasteiger partial charge is 0.368 e. The Morgan fingerprint density at radius 3 is 3.00 bits per heavy atom. The minimum absolute atomic E-state index is 0.592. The van der Waals surface area contributed by atoms with Crippen molar-refractivity contribution in [3.05, 3.63) is 6.20 Å². The number of hydrogen-bond donors (Lipinski definition) is 3. The van der Waals surface area contributed by atoms with E-state index in [0.717, 1.165) is 36.0 Å². The van der Waals surface area contributed by atoms with E-state index in [1.54, 1.807) is 6.20 Å². The Morgan fingerprint density at radius 1 is 1.42 bits per heavy atom. The van der Waals surface area contributed by atoms with Gasteiger partial charge in [-0.05, 0) is 19.9 Å². The van der Waals surface area contributed by atoms with Crippen LogP contribution in [0.4, 0.5) is 11.8 Å². The molecule has 2 aromatic heterocycles. The van der Waals surface area contributed by atoms with Gasteiger partial charge in [0.05, 0.1) is 11.6 Å². The predicted octanol–water partition coefficient (Wildman–Crippen LogP) is 0.901. The molecule has 102 valence electrons. The standard InChI is InChI=1S/C12H19N7/c1-13-12-16-10(9-7-15-18-11(9)17-12)14-5-6-19(2)8-3-4-8/h7-8H,3-6H2,1-2H3,(H3,13,14,15,16,17,18). The van der Waals surface area contributed by atoms with Crippen LogP contribution in [-0.2, 0) is 0 Å². The van der Waals surface area contributed by atoms with E-state index in [1.165, 1.54) is 12.8 Å². The first-order valence-corrected chi connectivity index (χ1v) is 6.61. The number of aromatic amines is 1. The third-order valence-electron chi connectivity index (χ3n) is 3.46. The molecular weight excluding hydrogens is 242 g/mol. The molecule has 1 aliphatic carbocycles. The highest BCUT2D eigenvalue weighted by Gasteiger charge is 2.25. The number of likely N-dealkylation sites (N-methyl/N-ethyl adjacent to an activating group) is 1. The lowest BCUT2D eigenvalue weighted by Crippen LogP contribution is -2.27. The van der Waals surface area contributed by atoms with Crippen molar-refractivity contribution in [3.8, 4) is 0 Å². The molecule has 0 spiro atoms. The van der Waals surface area contributed by atoms with Gasteiger partial charge in [0, 0.05) is 26.2 Å². The molecule has 2 aromatic rings. The zero-order chi connectivity index (χ0) is 13.2. The number of nitrogens with zero attached hydrogens (tertiary/aromatic N) is 4. The molecule has 2 heterocycles. The SMILES string of the molecule is CNc1nc(NCCN(C)C2CC2)c2cn[nH]c2n1. The van der Waals surface area contributed by atoms with Crippen molar-refractivity contribution in [3.63, 3.8) is 0 Å². The van der Waals surface area contributed by atoms with Crippen LogP contribution >= 0.6 is 0 Å². The summed E-state index contributed by atoms with van der Waals surface area (Å²) < 4.78 is 0. The molecule has 0 aromatic carbocycles. The molecule has 1 fully saturated rings. The highest BCUT2D eigenvalue weighted by atomic mass is 15.2. The maximum absolute atomic E-state index is 4.44. The minimum atomic E-state index is 0.592. The van der Waals surface area contributed by atoms with Gasteiger partial charge in [-0.25, -0.2) is 0 Å².